The lowest BCUT2D eigenvalue weighted by atomic mass is 9.82. The van der Waals surface area contributed by atoms with Crippen LogP contribution < -0.4 is 0 Å². The van der Waals surface area contributed by atoms with Crippen molar-refractivity contribution in [1.82, 2.24) is 0 Å². The van der Waals surface area contributed by atoms with Crippen LogP contribution in [0, 0.1) is 74.9 Å². The lowest BCUT2D eigenvalue weighted by Crippen LogP contribution is -2.20. The van der Waals surface area contributed by atoms with E-state index in [4.69, 9.17) is 10.5 Å². The summed E-state index contributed by atoms with van der Waals surface area (Å²) in [4.78, 5) is 12.5. The monoisotopic (exact) mass is 269 g/mol. The lowest BCUT2D eigenvalue weighted by Gasteiger charge is -2.13. The normalized spacial score (nSPS) is 17.5. The summed E-state index contributed by atoms with van der Waals surface area (Å²) >= 11 is 0. The molecule has 1 aliphatic rings. The summed E-state index contributed by atoms with van der Waals surface area (Å²) in [6.07, 6.45) is 0. The molecule has 0 aromatic heterocycles. The molecule has 0 bridgehead atoms. The van der Waals surface area contributed by atoms with Crippen molar-refractivity contribution in [3.05, 3.63) is 65.5 Å². The van der Waals surface area contributed by atoms with E-state index >= 15 is 0 Å². The molecule has 5 heteroatoms. The number of ketones is 1. The Balaban J connectivity index is 2.49. The van der Waals surface area contributed by atoms with Crippen LogP contribution in [0.3, 0.4) is 0 Å². The molecule has 0 N–H and O–H groups in total. The molecule has 95 valence electrons. The van der Waals surface area contributed by atoms with Gasteiger partial charge in [0.15, 0.2) is 5.78 Å². The summed E-state index contributed by atoms with van der Waals surface area (Å²) in [5.41, 5.74) is 0.282. The highest BCUT2D eigenvalue weighted by Gasteiger charge is 2.58. The van der Waals surface area contributed by atoms with Gasteiger partial charge in [-0.05, 0) is 0 Å². The van der Waals surface area contributed by atoms with Gasteiger partial charge in [-0.25, -0.2) is 0 Å². The molecule has 1 aromatic rings. The average molecular weight is 269 g/mol. The summed E-state index contributed by atoms with van der Waals surface area (Å²) in [7, 11) is 0. The van der Waals surface area contributed by atoms with Crippen LogP contribution in [-0.2, 0) is 0 Å². The maximum Gasteiger partial charge on any atom is 0.173 e. The van der Waals surface area contributed by atoms with Crippen LogP contribution in [0.1, 0.15) is 10.4 Å². The second-order valence-electron chi connectivity index (χ2n) is 4.02. The van der Waals surface area contributed by atoms with Gasteiger partial charge in [0.2, 0.25) is 0 Å². The molecule has 5 nitrogen and oxygen atoms in total. The minimum absolute atomic E-state index is 0.181. The van der Waals surface area contributed by atoms with Crippen LogP contribution in [-0.4, -0.2) is 5.78 Å². The van der Waals surface area contributed by atoms with Crippen molar-refractivity contribution in [2.75, 3.05) is 0 Å². The fourth-order valence-corrected chi connectivity index (χ4v) is 2.03. The molecule has 0 unspecified atom stereocenters. The highest BCUT2D eigenvalue weighted by molar-refractivity contribution is 6.15. The van der Waals surface area contributed by atoms with E-state index in [1.807, 2.05) is 0 Å². The number of nitrogens with zero attached hydrogens (tertiary/aromatic N) is 4. The van der Waals surface area contributed by atoms with E-state index in [1.54, 1.807) is 42.5 Å². The maximum absolute atomic E-state index is 12.5. The SMILES string of the molecule is N#C[C]1[C](C#N)[C](C#N)[C](C(=O)c2ccccc2)[C]1C#N. The number of benzene rings is 1. The Bertz CT molecular complexity index is 676. The van der Waals surface area contributed by atoms with Gasteiger partial charge in [-0.3, -0.25) is 4.79 Å². The van der Waals surface area contributed by atoms with E-state index in [9.17, 15) is 15.3 Å². The Labute approximate surface area is 122 Å². The lowest BCUT2D eigenvalue weighted by molar-refractivity contribution is 0.101. The molecule has 21 heavy (non-hydrogen) atoms. The number of carbonyl (C=O) groups is 1. The second kappa shape index (κ2) is 5.87. The Morgan fingerprint density at radius 2 is 1.14 bits per heavy atom. The number of carbonyl (C=O) groups excluding carboxylic acids is 1. The van der Waals surface area contributed by atoms with Crippen molar-refractivity contribution in [2.45, 2.75) is 0 Å². The van der Waals surface area contributed by atoms with Crippen molar-refractivity contribution < 1.29 is 4.79 Å². The third-order valence-corrected chi connectivity index (χ3v) is 2.96. The second-order valence-corrected chi connectivity index (χ2v) is 4.02. The van der Waals surface area contributed by atoms with Crippen LogP contribution in [0.25, 0.3) is 0 Å². The molecule has 0 amide bonds. The van der Waals surface area contributed by atoms with Gasteiger partial charge in [0.05, 0.1) is 30.2 Å². The summed E-state index contributed by atoms with van der Waals surface area (Å²) < 4.78 is 0. The Kier molecular flexibility index (Phi) is 3.99. The third-order valence-electron chi connectivity index (χ3n) is 2.96. The highest BCUT2D eigenvalue weighted by Crippen LogP contribution is 2.53. The Morgan fingerprint density at radius 3 is 1.52 bits per heavy atom. The predicted molar refractivity (Wildman–Crippen MR) is 69.4 cm³/mol. The fourth-order valence-electron chi connectivity index (χ4n) is 2.03. The Morgan fingerprint density at radius 1 is 0.714 bits per heavy atom. The first-order chi connectivity index (χ1) is 10.2. The molecule has 1 saturated carbocycles. The van der Waals surface area contributed by atoms with Gasteiger partial charge in [-0.1, -0.05) is 30.3 Å². The van der Waals surface area contributed by atoms with Gasteiger partial charge in [0.25, 0.3) is 0 Å². The molecular weight excluding hydrogens is 264 g/mol. The molecule has 2 rings (SSSR count). The van der Waals surface area contributed by atoms with E-state index in [-0.39, 0.29) is 35.2 Å². The molecule has 0 atom stereocenters. The quantitative estimate of drug-likeness (QED) is 0.760. The predicted octanol–water partition coefficient (Wildman–Crippen LogP) is 1.85. The van der Waals surface area contributed by atoms with Crippen molar-refractivity contribution in [1.29, 1.82) is 21.0 Å². The smallest absolute Gasteiger partial charge is 0.173 e. The van der Waals surface area contributed by atoms with Crippen molar-refractivity contribution in [2.24, 2.45) is 0 Å². The molecule has 5 radical (unpaired) electrons. The molecule has 1 aliphatic carbocycles. The molecule has 0 saturated heterocycles. The third kappa shape index (κ3) is 2.23. The zero-order chi connectivity index (χ0) is 15.4. The minimum Gasteiger partial charge on any atom is -0.293 e. The molecule has 0 aliphatic heterocycles. The fraction of sp³-hybridized carbons (Fsp3) is 0. The first kappa shape index (κ1) is 14.3. The number of rotatable bonds is 2. The number of Topliss-reactive ketones (excluding diaryl/α,β-unsaturated/α-hetero) is 1. The zero-order valence-electron chi connectivity index (χ0n) is 10.6. The summed E-state index contributed by atoms with van der Waals surface area (Å²) in [6, 6.07) is 15.0. The minimum atomic E-state index is -0.554. The van der Waals surface area contributed by atoms with E-state index < -0.39 is 5.78 Å². The number of hydrogen-bond donors (Lipinski definition) is 0. The van der Waals surface area contributed by atoms with E-state index in [2.05, 4.69) is 0 Å². The van der Waals surface area contributed by atoms with Crippen molar-refractivity contribution in [3.63, 3.8) is 0 Å². The van der Waals surface area contributed by atoms with E-state index in [0.29, 0.717) is 0 Å². The van der Waals surface area contributed by atoms with Crippen LogP contribution in [0.5, 0.6) is 0 Å². The standard InChI is InChI=1S/C16H5N4O/c17-6-11-12(7-18)14(9-20)15(13(11)8-19)16(21)10-4-2-1-3-5-10/h1-5H. The van der Waals surface area contributed by atoms with Crippen molar-refractivity contribution >= 4 is 5.78 Å². The van der Waals surface area contributed by atoms with Gasteiger partial charge < -0.3 is 0 Å². The van der Waals surface area contributed by atoms with Gasteiger partial charge in [0, 0.05) is 5.56 Å². The summed E-state index contributed by atoms with van der Waals surface area (Å²) in [5, 5.41) is 36.5. The van der Waals surface area contributed by atoms with E-state index in [1.165, 1.54) is 12.1 Å². The molecule has 1 aromatic carbocycles. The van der Waals surface area contributed by atoms with Crippen LogP contribution >= 0.6 is 0 Å². The molecule has 0 spiro atoms. The zero-order valence-corrected chi connectivity index (χ0v) is 10.6. The molecular formula is C16H5N4O. The van der Waals surface area contributed by atoms with Crippen LogP contribution in [0.4, 0.5) is 0 Å². The van der Waals surface area contributed by atoms with Gasteiger partial charge in [0.1, 0.15) is 23.7 Å². The largest absolute Gasteiger partial charge is 0.293 e. The molecule has 1 fully saturated rings. The first-order valence-corrected chi connectivity index (χ1v) is 5.76. The van der Waals surface area contributed by atoms with Gasteiger partial charge in [-0.15, -0.1) is 0 Å². The first-order valence-electron chi connectivity index (χ1n) is 5.76. The highest BCUT2D eigenvalue weighted by atomic mass is 16.1. The molecule has 0 heterocycles. The van der Waals surface area contributed by atoms with Gasteiger partial charge in [-0.2, -0.15) is 21.0 Å². The van der Waals surface area contributed by atoms with E-state index in [0.717, 1.165) is 0 Å². The summed E-state index contributed by atoms with van der Waals surface area (Å²) in [5.74, 6) is -1.63. The topological polar surface area (TPSA) is 112 Å². The van der Waals surface area contributed by atoms with Crippen LogP contribution in [0.15, 0.2) is 30.3 Å². The van der Waals surface area contributed by atoms with Gasteiger partial charge >= 0.3 is 0 Å². The number of hydrogen-bond acceptors (Lipinski definition) is 5. The van der Waals surface area contributed by atoms with Crippen LogP contribution in [0.2, 0.25) is 0 Å². The Hall–Kier alpha value is -3.15. The summed E-state index contributed by atoms with van der Waals surface area (Å²) in [6.45, 7) is 0. The number of nitriles is 4. The van der Waals surface area contributed by atoms with Crippen molar-refractivity contribution in [3.8, 4) is 24.3 Å². The average Bonchev–Trinajstić information content (AvgIpc) is 2.87. The maximum atomic E-state index is 12.5.